The van der Waals surface area contributed by atoms with E-state index < -0.39 is 10.3 Å². The van der Waals surface area contributed by atoms with Gasteiger partial charge in [-0.2, -0.15) is 8.42 Å². The molecule has 1 aromatic rings. The Morgan fingerprint density at radius 2 is 2.31 bits per heavy atom. The summed E-state index contributed by atoms with van der Waals surface area (Å²) in [5.74, 6) is 0. The van der Waals surface area contributed by atoms with Crippen molar-refractivity contribution in [2.75, 3.05) is 0 Å². The van der Waals surface area contributed by atoms with Crippen molar-refractivity contribution in [1.82, 2.24) is 4.98 Å². The number of nitrogens with zero attached hydrogens (tertiary/aromatic N) is 1. The third-order valence-electron chi connectivity index (χ3n) is 1.18. The van der Waals surface area contributed by atoms with Gasteiger partial charge in [-0.05, 0) is 17.7 Å². The van der Waals surface area contributed by atoms with Crippen molar-refractivity contribution in [2.45, 2.75) is 6.61 Å². The first-order valence-electron chi connectivity index (χ1n) is 3.25. The quantitative estimate of drug-likeness (QED) is 0.753. The van der Waals surface area contributed by atoms with Gasteiger partial charge in [-0.1, -0.05) is 11.6 Å². The van der Waals surface area contributed by atoms with Gasteiger partial charge in [0, 0.05) is 6.20 Å². The van der Waals surface area contributed by atoms with Crippen LogP contribution in [0.5, 0.6) is 0 Å². The third kappa shape index (κ3) is 4.18. The average Bonchev–Trinajstić information content (AvgIpc) is 2.00. The molecule has 0 fully saturated rings. The lowest BCUT2D eigenvalue weighted by molar-refractivity contribution is 0.308. The fourth-order valence-corrected chi connectivity index (χ4v) is 1.18. The standard InChI is InChI=1S/C6H7ClN2O3S/c7-6-3-5(1-2-9-6)4-12-13(8,10)11/h1-3H,4H2,(H2,8,10,11). The molecule has 1 aromatic heterocycles. The van der Waals surface area contributed by atoms with Crippen LogP contribution < -0.4 is 5.14 Å². The zero-order chi connectivity index (χ0) is 9.90. The summed E-state index contributed by atoms with van der Waals surface area (Å²) in [4.78, 5) is 3.71. The Hall–Kier alpha value is -0.690. The zero-order valence-electron chi connectivity index (χ0n) is 6.47. The Labute approximate surface area is 80.7 Å². The fraction of sp³-hybridized carbons (Fsp3) is 0.167. The van der Waals surface area contributed by atoms with Crippen molar-refractivity contribution >= 4 is 21.9 Å². The summed E-state index contributed by atoms with van der Waals surface area (Å²) < 4.78 is 25.1. The van der Waals surface area contributed by atoms with Gasteiger partial charge in [0.25, 0.3) is 0 Å². The molecule has 0 aliphatic rings. The smallest absolute Gasteiger partial charge is 0.253 e. The first kappa shape index (κ1) is 10.4. The molecule has 2 N–H and O–H groups in total. The number of pyridine rings is 1. The van der Waals surface area contributed by atoms with Crippen molar-refractivity contribution in [3.05, 3.63) is 29.0 Å². The lowest BCUT2D eigenvalue weighted by atomic mass is 10.3. The number of halogens is 1. The minimum absolute atomic E-state index is 0.138. The molecule has 0 aliphatic carbocycles. The van der Waals surface area contributed by atoms with E-state index in [-0.39, 0.29) is 11.8 Å². The number of aromatic nitrogens is 1. The summed E-state index contributed by atoms with van der Waals surface area (Å²) in [7, 11) is -3.90. The Morgan fingerprint density at radius 1 is 1.62 bits per heavy atom. The molecule has 0 bridgehead atoms. The summed E-state index contributed by atoms with van der Waals surface area (Å²) >= 11 is 5.55. The first-order chi connectivity index (χ1) is 5.97. The van der Waals surface area contributed by atoms with Crippen LogP contribution in [0.15, 0.2) is 18.3 Å². The summed E-state index contributed by atoms with van der Waals surface area (Å²) in [5.41, 5.74) is 0.592. The Morgan fingerprint density at radius 3 is 2.85 bits per heavy atom. The predicted molar refractivity (Wildman–Crippen MR) is 47.1 cm³/mol. The second-order valence-corrected chi connectivity index (χ2v) is 3.85. The molecule has 0 saturated heterocycles. The Balaban J connectivity index is 2.65. The van der Waals surface area contributed by atoms with Crippen LogP contribution in [0.25, 0.3) is 0 Å². The zero-order valence-corrected chi connectivity index (χ0v) is 8.05. The number of hydrogen-bond donors (Lipinski definition) is 1. The first-order valence-corrected chi connectivity index (χ1v) is 5.10. The summed E-state index contributed by atoms with van der Waals surface area (Å²) in [6, 6.07) is 3.07. The summed E-state index contributed by atoms with van der Waals surface area (Å²) in [6.07, 6.45) is 1.45. The number of nitrogens with two attached hydrogens (primary N) is 1. The normalized spacial score (nSPS) is 11.5. The summed E-state index contributed by atoms with van der Waals surface area (Å²) in [6.45, 7) is -0.138. The van der Waals surface area contributed by atoms with E-state index in [0.717, 1.165) is 0 Å². The van der Waals surface area contributed by atoms with Crippen LogP contribution >= 0.6 is 11.6 Å². The SMILES string of the molecule is NS(=O)(=O)OCc1ccnc(Cl)c1. The van der Waals surface area contributed by atoms with Crippen molar-refractivity contribution in [3.63, 3.8) is 0 Å². The molecule has 5 nitrogen and oxygen atoms in total. The molecule has 1 heterocycles. The predicted octanol–water partition coefficient (Wildman–Crippen LogP) is 0.455. The summed E-state index contributed by atoms with van der Waals surface area (Å²) in [5, 5.41) is 4.90. The molecule has 0 aliphatic heterocycles. The number of rotatable bonds is 3. The van der Waals surface area contributed by atoms with Crippen molar-refractivity contribution in [2.24, 2.45) is 5.14 Å². The molecule has 72 valence electrons. The molecule has 0 amide bonds. The molecule has 7 heteroatoms. The maximum Gasteiger partial charge on any atom is 0.333 e. The van der Waals surface area contributed by atoms with Crippen LogP contribution in [0.3, 0.4) is 0 Å². The van der Waals surface area contributed by atoms with E-state index in [2.05, 4.69) is 14.3 Å². The number of hydrogen-bond acceptors (Lipinski definition) is 4. The van der Waals surface area contributed by atoms with Crippen LogP contribution in [0.4, 0.5) is 0 Å². The van der Waals surface area contributed by atoms with E-state index in [1.165, 1.54) is 12.3 Å². The van der Waals surface area contributed by atoms with Crippen LogP contribution in [0.1, 0.15) is 5.56 Å². The maximum atomic E-state index is 10.4. The third-order valence-corrected chi connectivity index (χ3v) is 1.83. The topological polar surface area (TPSA) is 82.3 Å². The van der Waals surface area contributed by atoms with Crippen LogP contribution in [0.2, 0.25) is 5.15 Å². The van der Waals surface area contributed by atoms with Crippen LogP contribution in [0, 0.1) is 0 Å². The van der Waals surface area contributed by atoms with Gasteiger partial charge in [0.05, 0.1) is 6.61 Å². The van der Waals surface area contributed by atoms with Gasteiger partial charge in [0.2, 0.25) is 0 Å². The van der Waals surface area contributed by atoms with Gasteiger partial charge in [-0.15, -0.1) is 0 Å². The van der Waals surface area contributed by atoms with Gasteiger partial charge in [-0.25, -0.2) is 10.1 Å². The second-order valence-electron chi connectivity index (χ2n) is 2.24. The molecule has 0 aromatic carbocycles. The van der Waals surface area contributed by atoms with E-state index in [9.17, 15) is 8.42 Å². The van der Waals surface area contributed by atoms with Gasteiger partial charge in [0.15, 0.2) is 0 Å². The van der Waals surface area contributed by atoms with Gasteiger partial charge >= 0.3 is 10.3 Å². The van der Waals surface area contributed by atoms with E-state index in [1.807, 2.05) is 0 Å². The van der Waals surface area contributed by atoms with Gasteiger partial charge in [-0.3, -0.25) is 4.18 Å². The van der Waals surface area contributed by atoms with Crippen LogP contribution in [-0.2, 0) is 21.1 Å². The molecular formula is C6H7ClN2O3S. The highest BCUT2D eigenvalue weighted by Crippen LogP contribution is 2.08. The van der Waals surface area contributed by atoms with Crippen molar-refractivity contribution in [1.29, 1.82) is 0 Å². The monoisotopic (exact) mass is 222 g/mol. The highest BCUT2D eigenvalue weighted by atomic mass is 35.5. The van der Waals surface area contributed by atoms with E-state index in [0.29, 0.717) is 5.56 Å². The minimum Gasteiger partial charge on any atom is -0.253 e. The van der Waals surface area contributed by atoms with Crippen LogP contribution in [-0.4, -0.2) is 13.4 Å². The highest BCUT2D eigenvalue weighted by Gasteiger charge is 2.03. The van der Waals surface area contributed by atoms with Crippen molar-refractivity contribution in [3.8, 4) is 0 Å². The highest BCUT2D eigenvalue weighted by molar-refractivity contribution is 7.84. The molecule has 1 rings (SSSR count). The molecule has 0 spiro atoms. The lowest BCUT2D eigenvalue weighted by Gasteiger charge is -2.00. The average molecular weight is 223 g/mol. The largest absolute Gasteiger partial charge is 0.333 e. The maximum absolute atomic E-state index is 10.4. The fourth-order valence-electron chi connectivity index (χ4n) is 0.683. The van der Waals surface area contributed by atoms with E-state index >= 15 is 0 Å². The van der Waals surface area contributed by atoms with E-state index in [1.54, 1.807) is 6.07 Å². The van der Waals surface area contributed by atoms with Gasteiger partial charge in [0.1, 0.15) is 5.15 Å². The minimum atomic E-state index is -3.90. The molecule has 0 radical (unpaired) electrons. The van der Waals surface area contributed by atoms with E-state index in [4.69, 9.17) is 11.6 Å². The Bertz CT molecular complexity index is 393. The molecule has 13 heavy (non-hydrogen) atoms. The molecule has 0 atom stereocenters. The second kappa shape index (κ2) is 4.01. The van der Waals surface area contributed by atoms with Crippen molar-refractivity contribution < 1.29 is 12.6 Å². The molecular weight excluding hydrogens is 216 g/mol. The van der Waals surface area contributed by atoms with Gasteiger partial charge < -0.3 is 0 Å². The Kier molecular flexibility index (Phi) is 3.21. The molecule has 0 unspecified atom stereocenters. The molecule has 0 saturated carbocycles. The lowest BCUT2D eigenvalue weighted by Crippen LogP contribution is -2.15.